The van der Waals surface area contributed by atoms with E-state index in [-0.39, 0.29) is 5.41 Å². The van der Waals surface area contributed by atoms with Gasteiger partial charge in [-0.05, 0) is 31.5 Å². The summed E-state index contributed by atoms with van der Waals surface area (Å²) in [4.78, 5) is 4.66. The molecule has 4 heteroatoms. The minimum absolute atomic E-state index is 0.0697. The van der Waals surface area contributed by atoms with Crippen molar-refractivity contribution in [3.05, 3.63) is 29.1 Å². The highest BCUT2D eigenvalue weighted by atomic mass is 35.5. The number of fused-ring (bicyclic) bond motifs is 1. The normalized spacial score (nSPS) is 23.9. The Balaban J connectivity index is 2.06. The van der Waals surface area contributed by atoms with Gasteiger partial charge in [0.1, 0.15) is 5.52 Å². The van der Waals surface area contributed by atoms with Crippen molar-refractivity contribution in [3.63, 3.8) is 0 Å². The molecular formula is C14H17ClN2O. The van der Waals surface area contributed by atoms with Crippen LogP contribution in [0.1, 0.15) is 32.1 Å². The molecule has 1 fully saturated rings. The van der Waals surface area contributed by atoms with E-state index in [1.807, 2.05) is 18.2 Å². The molecule has 1 atom stereocenters. The highest BCUT2D eigenvalue weighted by Crippen LogP contribution is 2.36. The lowest BCUT2D eigenvalue weighted by Crippen LogP contribution is -2.29. The van der Waals surface area contributed by atoms with Gasteiger partial charge in [0.25, 0.3) is 0 Å². The summed E-state index contributed by atoms with van der Waals surface area (Å²) in [6, 6.07) is 5.62. The van der Waals surface area contributed by atoms with E-state index < -0.39 is 0 Å². The van der Waals surface area contributed by atoms with Gasteiger partial charge in [0.2, 0.25) is 5.89 Å². The molecule has 0 spiro atoms. The number of nitrogens with zero attached hydrogens (tertiary/aromatic N) is 1. The summed E-state index contributed by atoms with van der Waals surface area (Å²) in [5.74, 6) is 0.867. The fraction of sp³-hybridized carbons (Fsp3) is 0.500. The highest BCUT2D eigenvalue weighted by Gasteiger charge is 2.39. The maximum atomic E-state index is 5.98. The zero-order valence-corrected chi connectivity index (χ0v) is 11.3. The van der Waals surface area contributed by atoms with Crippen LogP contribution >= 0.6 is 11.6 Å². The second-order valence-electron chi connectivity index (χ2n) is 5.09. The summed E-state index contributed by atoms with van der Waals surface area (Å²) in [5.41, 5.74) is 1.76. The van der Waals surface area contributed by atoms with Crippen LogP contribution in [-0.2, 0) is 5.41 Å². The maximum Gasteiger partial charge on any atom is 0.203 e. The molecule has 0 radical (unpaired) electrons. The van der Waals surface area contributed by atoms with Gasteiger partial charge in [0.05, 0.1) is 5.41 Å². The molecule has 2 heterocycles. The van der Waals surface area contributed by atoms with Crippen molar-refractivity contribution >= 4 is 22.7 Å². The van der Waals surface area contributed by atoms with E-state index in [2.05, 4.69) is 17.2 Å². The molecule has 0 bridgehead atoms. The average molecular weight is 265 g/mol. The van der Waals surface area contributed by atoms with Crippen LogP contribution < -0.4 is 5.32 Å². The van der Waals surface area contributed by atoms with Gasteiger partial charge < -0.3 is 9.73 Å². The summed E-state index contributed by atoms with van der Waals surface area (Å²) < 4.78 is 5.95. The molecule has 0 amide bonds. The largest absolute Gasteiger partial charge is 0.440 e. The highest BCUT2D eigenvalue weighted by molar-refractivity contribution is 6.31. The van der Waals surface area contributed by atoms with Gasteiger partial charge in [-0.15, -0.1) is 0 Å². The summed E-state index contributed by atoms with van der Waals surface area (Å²) in [6.07, 6.45) is 3.35. The second-order valence-corrected chi connectivity index (χ2v) is 5.52. The third kappa shape index (κ3) is 1.91. The lowest BCUT2D eigenvalue weighted by Gasteiger charge is -2.23. The van der Waals surface area contributed by atoms with Crippen molar-refractivity contribution in [2.75, 3.05) is 13.1 Å². The molecule has 1 aliphatic rings. The molecule has 18 heavy (non-hydrogen) atoms. The molecule has 1 N–H and O–H groups in total. The Morgan fingerprint density at radius 3 is 3.11 bits per heavy atom. The lowest BCUT2D eigenvalue weighted by molar-refractivity contribution is 0.331. The maximum absolute atomic E-state index is 5.98. The number of rotatable bonds is 3. The van der Waals surface area contributed by atoms with E-state index >= 15 is 0 Å². The zero-order chi connectivity index (χ0) is 12.6. The van der Waals surface area contributed by atoms with E-state index in [0.717, 1.165) is 49.3 Å². The zero-order valence-electron chi connectivity index (χ0n) is 10.5. The van der Waals surface area contributed by atoms with Gasteiger partial charge in [0, 0.05) is 17.6 Å². The predicted molar refractivity (Wildman–Crippen MR) is 73.1 cm³/mol. The first-order chi connectivity index (χ1) is 8.73. The van der Waals surface area contributed by atoms with E-state index in [9.17, 15) is 0 Å². The molecule has 1 aromatic heterocycles. The second kappa shape index (κ2) is 4.56. The average Bonchev–Trinajstić information content (AvgIpc) is 2.95. The molecule has 0 aliphatic carbocycles. The van der Waals surface area contributed by atoms with Crippen molar-refractivity contribution in [2.45, 2.75) is 31.6 Å². The Hall–Kier alpha value is -1.06. The third-order valence-electron chi connectivity index (χ3n) is 3.78. The minimum atomic E-state index is 0.0697. The van der Waals surface area contributed by atoms with E-state index in [1.54, 1.807) is 0 Å². The topological polar surface area (TPSA) is 38.1 Å². The van der Waals surface area contributed by atoms with Crippen LogP contribution in [0, 0.1) is 0 Å². The molecule has 0 saturated carbocycles. The first-order valence-corrected chi connectivity index (χ1v) is 6.89. The molecule has 1 saturated heterocycles. The number of aromatic nitrogens is 1. The summed E-state index contributed by atoms with van der Waals surface area (Å²) in [6.45, 7) is 4.21. The molecule has 3 nitrogen and oxygen atoms in total. The number of halogens is 1. The van der Waals surface area contributed by atoms with Gasteiger partial charge in [-0.3, -0.25) is 0 Å². The van der Waals surface area contributed by atoms with Crippen molar-refractivity contribution < 1.29 is 4.42 Å². The van der Waals surface area contributed by atoms with Gasteiger partial charge >= 0.3 is 0 Å². The van der Waals surface area contributed by atoms with Crippen LogP contribution in [-0.4, -0.2) is 18.1 Å². The number of benzene rings is 1. The number of oxazole rings is 1. The molecular weight excluding hydrogens is 248 g/mol. The minimum Gasteiger partial charge on any atom is -0.440 e. The van der Waals surface area contributed by atoms with E-state index in [1.165, 1.54) is 0 Å². The molecule has 3 rings (SSSR count). The quantitative estimate of drug-likeness (QED) is 0.922. The van der Waals surface area contributed by atoms with Gasteiger partial charge in [-0.25, -0.2) is 4.98 Å². The Morgan fingerprint density at radius 1 is 1.50 bits per heavy atom. The number of hydrogen-bond donors (Lipinski definition) is 1. The third-order valence-corrected chi connectivity index (χ3v) is 4.01. The van der Waals surface area contributed by atoms with Crippen molar-refractivity contribution in [1.29, 1.82) is 0 Å². The molecule has 1 unspecified atom stereocenters. The van der Waals surface area contributed by atoms with Crippen LogP contribution in [0.25, 0.3) is 11.1 Å². The van der Waals surface area contributed by atoms with Gasteiger partial charge in [-0.2, -0.15) is 0 Å². The number of hydrogen-bond acceptors (Lipinski definition) is 3. The number of nitrogens with one attached hydrogen (secondary N) is 1. The molecule has 2 aromatic rings. The standard InChI is InChI=1S/C14H17ClN2O/c1-2-5-14(6-7-16-9-14)13-17-11-4-3-10(15)8-12(11)18-13/h3-4,8,16H,2,5-7,9H2,1H3. The Morgan fingerprint density at radius 2 is 2.39 bits per heavy atom. The van der Waals surface area contributed by atoms with Crippen LogP contribution in [0.5, 0.6) is 0 Å². The van der Waals surface area contributed by atoms with Crippen molar-refractivity contribution in [3.8, 4) is 0 Å². The van der Waals surface area contributed by atoms with Crippen LogP contribution in [0.2, 0.25) is 5.02 Å². The molecule has 96 valence electrons. The van der Waals surface area contributed by atoms with Crippen LogP contribution in [0.3, 0.4) is 0 Å². The smallest absolute Gasteiger partial charge is 0.203 e. The summed E-state index contributed by atoms with van der Waals surface area (Å²) in [7, 11) is 0. The monoisotopic (exact) mass is 264 g/mol. The molecule has 1 aliphatic heterocycles. The van der Waals surface area contributed by atoms with E-state index in [0.29, 0.717) is 5.02 Å². The lowest BCUT2D eigenvalue weighted by atomic mass is 9.82. The van der Waals surface area contributed by atoms with Crippen molar-refractivity contribution in [2.24, 2.45) is 0 Å². The predicted octanol–water partition coefficient (Wildman–Crippen LogP) is 3.51. The SMILES string of the molecule is CCCC1(c2nc3ccc(Cl)cc3o2)CCNC1. The summed E-state index contributed by atoms with van der Waals surface area (Å²) in [5, 5.41) is 4.12. The van der Waals surface area contributed by atoms with Crippen LogP contribution in [0.4, 0.5) is 0 Å². The first-order valence-electron chi connectivity index (χ1n) is 6.51. The van der Waals surface area contributed by atoms with Crippen molar-refractivity contribution in [1.82, 2.24) is 10.3 Å². The molecule has 1 aromatic carbocycles. The fourth-order valence-electron chi connectivity index (χ4n) is 2.85. The van der Waals surface area contributed by atoms with Gasteiger partial charge in [0.15, 0.2) is 5.58 Å². The Bertz CT molecular complexity index is 558. The van der Waals surface area contributed by atoms with E-state index in [4.69, 9.17) is 16.0 Å². The fourth-order valence-corrected chi connectivity index (χ4v) is 3.01. The van der Waals surface area contributed by atoms with Gasteiger partial charge in [-0.1, -0.05) is 24.9 Å². The Labute approximate surface area is 112 Å². The van der Waals surface area contributed by atoms with Crippen LogP contribution in [0.15, 0.2) is 22.6 Å². The summed E-state index contributed by atoms with van der Waals surface area (Å²) >= 11 is 5.98. The Kier molecular flexibility index (Phi) is 3.04. The first kappa shape index (κ1) is 12.0.